The van der Waals surface area contributed by atoms with E-state index in [-0.39, 0.29) is 6.04 Å². The van der Waals surface area contributed by atoms with Crippen LogP contribution in [-0.4, -0.2) is 12.0 Å². The zero-order valence-corrected chi connectivity index (χ0v) is 11.3. The molecule has 0 aliphatic rings. The highest BCUT2D eigenvalue weighted by molar-refractivity contribution is 5.26. The summed E-state index contributed by atoms with van der Waals surface area (Å²) >= 11 is 0. The number of hydrogen-bond donors (Lipinski definition) is 1. The van der Waals surface area contributed by atoms with Gasteiger partial charge in [0.15, 0.2) is 0 Å². The zero-order valence-electron chi connectivity index (χ0n) is 11.3. The Kier molecular flexibility index (Phi) is 4.57. The van der Waals surface area contributed by atoms with Crippen LogP contribution in [-0.2, 0) is 12.6 Å². The van der Waals surface area contributed by atoms with Crippen LogP contribution in [0.4, 0.5) is 17.6 Å². The number of alkyl halides is 3. The number of rotatable bonds is 4. The largest absolute Gasteiger partial charge is 0.416 e. The van der Waals surface area contributed by atoms with Gasteiger partial charge >= 0.3 is 6.18 Å². The Balaban J connectivity index is 2.13. The SMILES string of the molecule is CNC(Cc1ccc(C(F)(F)F)cc1)c1ccc(F)cn1. The van der Waals surface area contributed by atoms with Crippen molar-refractivity contribution in [2.75, 3.05) is 7.05 Å². The van der Waals surface area contributed by atoms with Gasteiger partial charge in [0.1, 0.15) is 5.82 Å². The lowest BCUT2D eigenvalue weighted by molar-refractivity contribution is -0.137. The molecule has 2 nitrogen and oxygen atoms in total. The van der Waals surface area contributed by atoms with Gasteiger partial charge in [0.25, 0.3) is 0 Å². The van der Waals surface area contributed by atoms with E-state index in [9.17, 15) is 17.6 Å². The molecule has 1 atom stereocenters. The van der Waals surface area contributed by atoms with Gasteiger partial charge in [0, 0.05) is 0 Å². The van der Waals surface area contributed by atoms with Gasteiger partial charge in [-0.05, 0) is 43.3 Å². The monoisotopic (exact) mass is 298 g/mol. The molecule has 0 amide bonds. The summed E-state index contributed by atoms with van der Waals surface area (Å²) in [7, 11) is 1.72. The summed E-state index contributed by atoms with van der Waals surface area (Å²) in [4.78, 5) is 3.98. The average molecular weight is 298 g/mol. The minimum Gasteiger partial charge on any atom is -0.311 e. The van der Waals surface area contributed by atoms with Crippen LogP contribution in [0.15, 0.2) is 42.6 Å². The van der Waals surface area contributed by atoms with Crippen molar-refractivity contribution in [1.29, 1.82) is 0 Å². The van der Waals surface area contributed by atoms with E-state index in [1.54, 1.807) is 13.1 Å². The van der Waals surface area contributed by atoms with Crippen molar-refractivity contribution in [2.45, 2.75) is 18.6 Å². The lowest BCUT2D eigenvalue weighted by Crippen LogP contribution is -2.20. The molecule has 21 heavy (non-hydrogen) atoms. The fourth-order valence-electron chi connectivity index (χ4n) is 2.01. The Bertz CT molecular complexity index is 576. The first kappa shape index (κ1) is 15.4. The van der Waals surface area contributed by atoms with Gasteiger partial charge in [0.2, 0.25) is 0 Å². The van der Waals surface area contributed by atoms with Crippen LogP contribution in [0.3, 0.4) is 0 Å². The third kappa shape index (κ3) is 4.01. The van der Waals surface area contributed by atoms with Gasteiger partial charge in [-0.3, -0.25) is 4.98 Å². The highest BCUT2D eigenvalue weighted by atomic mass is 19.4. The van der Waals surface area contributed by atoms with Gasteiger partial charge in [-0.15, -0.1) is 0 Å². The molecule has 0 aliphatic heterocycles. The van der Waals surface area contributed by atoms with Crippen molar-refractivity contribution >= 4 is 0 Å². The average Bonchev–Trinajstić information content (AvgIpc) is 2.45. The maximum absolute atomic E-state index is 12.8. The van der Waals surface area contributed by atoms with E-state index < -0.39 is 17.6 Å². The van der Waals surface area contributed by atoms with E-state index in [1.807, 2.05) is 0 Å². The van der Waals surface area contributed by atoms with Gasteiger partial charge in [0.05, 0.1) is 23.5 Å². The third-order valence-corrected chi connectivity index (χ3v) is 3.18. The smallest absolute Gasteiger partial charge is 0.311 e. The van der Waals surface area contributed by atoms with Crippen LogP contribution < -0.4 is 5.32 Å². The molecule has 0 aliphatic carbocycles. The van der Waals surface area contributed by atoms with Crippen molar-refractivity contribution in [2.24, 2.45) is 0 Å². The summed E-state index contributed by atoms with van der Waals surface area (Å²) in [6.07, 6.45) is -2.75. The number of pyridine rings is 1. The van der Waals surface area contributed by atoms with E-state index in [0.717, 1.165) is 23.9 Å². The molecular weight excluding hydrogens is 284 g/mol. The second kappa shape index (κ2) is 6.22. The second-order valence-corrected chi connectivity index (χ2v) is 4.64. The molecule has 0 saturated heterocycles. The lowest BCUT2D eigenvalue weighted by Gasteiger charge is -2.16. The Labute approximate surface area is 119 Å². The van der Waals surface area contributed by atoms with E-state index in [4.69, 9.17) is 0 Å². The number of nitrogens with zero attached hydrogens (tertiary/aromatic N) is 1. The molecule has 2 rings (SSSR count). The second-order valence-electron chi connectivity index (χ2n) is 4.64. The predicted octanol–water partition coefficient (Wildman–Crippen LogP) is 3.74. The molecule has 112 valence electrons. The van der Waals surface area contributed by atoms with E-state index in [1.165, 1.54) is 18.2 Å². The van der Waals surface area contributed by atoms with E-state index >= 15 is 0 Å². The highest BCUT2D eigenvalue weighted by Crippen LogP contribution is 2.29. The molecule has 0 bridgehead atoms. The molecular formula is C15H14F4N2. The number of benzene rings is 1. The molecule has 1 heterocycles. The Morgan fingerprint density at radius 2 is 1.76 bits per heavy atom. The first-order valence-corrected chi connectivity index (χ1v) is 6.35. The summed E-state index contributed by atoms with van der Waals surface area (Å²) in [5, 5.41) is 3.02. The predicted molar refractivity (Wildman–Crippen MR) is 71.1 cm³/mol. The van der Waals surface area contributed by atoms with Crippen LogP contribution >= 0.6 is 0 Å². The molecule has 0 radical (unpaired) electrons. The molecule has 1 aromatic carbocycles. The Morgan fingerprint density at radius 1 is 1.10 bits per heavy atom. The molecule has 0 saturated carbocycles. The van der Waals surface area contributed by atoms with Gasteiger partial charge in [-0.2, -0.15) is 13.2 Å². The minimum atomic E-state index is -4.33. The van der Waals surface area contributed by atoms with Crippen LogP contribution in [0.25, 0.3) is 0 Å². The number of halogens is 4. The van der Waals surface area contributed by atoms with Gasteiger partial charge in [-0.25, -0.2) is 4.39 Å². The van der Waals surface area contributed by atoms with Crippen LogP contribution in [0.5, 0.6) is 0 Å². The normalized spacial score (nSPS) is 13.2. The number of aromatic nitrogens is 1. The summed E-state index contributed by atoms with van der Waals surface area (Å²) in [6.45, 7) is 0. The number of nitrogens with one attached hydrogen (secondary N) is 1. The zero-order chi connectivity index (χ0) is 15.5. The fourth-order valence-corrected chi connectivity index (χ4v) is 2.01. The first-order chi connectivity index (χ1) is 9.90. The quantitative estimate of drug-likeness (QED) is 0.870. The summed E-state index contributed by atoms with van der Waals surface area (Å²) < 4.78 is 50.3. The maximum Gasteiger partial charge on any atom is 0.416 e. The number of hydrogen-bond acceptors (Lipinski definition) is 2. The molecule has 0 fully saturated rings. The van der Waals surface area contributed by atoms with Crippen LogP contribution in [0, 0.1) is 5.82 Å². The van der Waals surface area contributed by atoms with Gasteiger partial charge < -0.3 is 5.32 Å². The first-order valence-electron chi connectivity index (χ1n) is 6.35. The fraction of sp³-hybridized carbons (Fsp3) is 0.267. The molecule has 1 aromatic heterocycles. The molecule has 1 N–H and O–H groups in total. The van der Waals surface area contributed by atoms with Crippen LogP contribution in [0.1, 0.15) is 22.9 Å². The van der Waals surface area contributed by atoms with Crippen molar-refractivity contribution < 1.29 is 17.6 Å². The van der Waals surface area contributed by atoms with Crippen molar-refractivity contribution in [3.05, 3.63) is 65.2 Å². The van der Waals surface area contributed by atoms with Crippen molar-refractivity contribution in [1.82, 2.24) is 10.3 Å². The Morgan fingerprint density at radius 3 is 2.24 bits per heavy atom. The third-order valence-electron chi connectivity index (χ3n) is 3.18. The summed E-state index contributed by atoms with van der Waals surface area (Å²) in [6, 6.07) is 7.66. The molecule has 2 aromatic rings. The summed E-state index contributed by atoms with van der Waals surface area (Å²) in [5.41, 5.74) is 0.708. The van der Waals surface area contributed by atoms with Gasteiger partial charge in [-0.1, -0.05) is 12.1 Å². The topological polar surface area (TPSA) is 24.9 Å². The standard InChI is InChI=1S/C15H14F4N2/c1-20-14(13-7-6-12(16)9-21-13)8-10-2-4-11(5-3-10)15(17,18)19/h2-7,9,14,20H,8H2,1H3. The van der Waals surface area contributed by atoms with Crippen LogP contribution in [0.2, 0.25) is 0 Å². The van der Waals surface area contributed by atoms with E-state index in [0.29, 0.717) is 12.1 Å². The van der Waals surface area contributed by atoms with Crippen molar-refractivity contribution in [3.8, 4) is 0 Å². The lowest BCUT2D eigenvalue weighted by atomic mass is 10.0. The van der Waals surface area contributed by atoms with E-state index in [2.05, 4.69) is 10.3 Å². The van der Waals surface area contributed by atoms with Crippen molar-refractivity contribution in [3.63, 3.8) is 0 Å². The summed E-state index contributed by atoms with van der Waals surface area (Å²) in [5.74, 6) is -0.428. The maximum atomic E-state index is 12.8. The molecule has 0 spiro atoms. The molecule has 1 unspecified atom stereocenters. The number of likely N-dealkylation sites (N-methyl/N-ethyl adjacent to an activating group) is 1. The minimum absolute atomic E-state index is 0.192. The molecule has 6 heteroatoms. The Hall–Kier alpha value is -1.95. The highest BCUT2D eigenvalue weighted by Gasteiger charge is 2.30.